The van der Waals surface area contributed by atoms with E-state index >= 15 is 0 Å². The van der Waals surface area contributed by atoms with Gasteiger partial charge in [0.1, 0.15) is 0 Å². The summed E-state index contributed by atoms with van der Waals surface area (Å²) < 4.78 is 26.4. The number of nitrogens with one attached hydrogen (secondary N) is 1. The van der Waals surface area contributed by atoms with Gasteiger partial charge in [-0.25, -0.2) is 13.1 Å². The van der Waals surface area contributed by atoms with Crippen molar-refractivity contribution in [2.45, 2.75) is 37.5 Å². The van der Waals surface area contributed by atoms with Gasteiger partial charge in [0, 0.05) is 19.1 Å². The minimum atomic E-state index is -3.24. The van der Waals surface area contributed by atoms with Crippen LogP contribution >= 0.6 is 0 Å². The van der Waals surface area contributed by atoms with Gasteiger partial charge in [-0.05, 0) is 32.9 Å². The highest BCUT2D eigenvalue weighted by molar-refractivity contribution is 7.90. The monoisotopic (exact) mass is 249 g/mol. The summed E-state index contributed by atoms with van der Waals surface area (Å²) in [6, 6.07) is 0.338. The lowest BCUT2D eigenvalue weighted by molar-refractivity contribution is 0.310. The van der Waals surface area contributed by atoms with Gasteiger partial charge in [0.05, 0.1) is 5.25 Å². The fourth-order valence-corrected chi connectivity index (χ4v) is 3.43. The fourth-order valence-electron chi connectivity index (χ4n) is 2.08. The molecule has 0 aromatic carbocycles. The number of likely N-dealkylation sites (tertiary alicyclic amines) is 1. The third-order valence-electron chi connectivity index (χ3n) is 3.35. The molecule has 6 heteroatoms. The zero-order valence-corrected chi connectivity index (χ0v) is 11.0. The smallest absolute Gasteiger partial charge is 0.215 e. The lowest BCUT2D eigenvalue weighted by Crippen LogP contribution is -2.44. The van der Waals surface area contributed by atoms with Crippen LogP contribution in [0.25, 0.3) is 0 Å². The van der Waals surface area contributed by atoms with E-state index < -0.39 is 15.3 Å². The molecule has 5 nitrogen and oxygen atoms in total. The topological polar surface area (TPSA) is 75.4 Å². The first-order chi connectivity index (χ1) is 7.51. The molecule has 0 aromatic heterocycles. The SMILES string of the molecule is CCC(CN)S(=O)(=O)NCC1CCCN1C. The number of nitrogens with two attached hydrogens (primary N) is 1. The summed E-state index contributed by atoms with van der Waals surface area (Å²) in [5.41, 5.74) is 5.45. The molecule has 2 unspecified atom stereocenters. The molecule has 1 aliphatic rings. The van der Waals surface area contributed by atoms with E-state index in [-0.39, 0.29) is 6.54 Å². The number of rotatable bonds is 6. The largest absolute Gasteiger partial charge is 0.329 e. The second-order valence-corrected chi connectivity index (χ2v) is 6.48. The molecule has 1 aliphatic heterocycles. The average molecular weight is 249 g/mol. The first kappa shape index (κ1) is 13.9. The summed E-state index contributed by atoms with van der Waals surface area (Å²) in [6.07, 6.45) is 2.78. The average Bonchev–Trinajstić information content (AvgIpc) is 2.62. The van der Waals surface area contributed by atoms with E-state index in [2.05, 4.69) is 9.62 Å². The number of hydrogen-bond acceptors (Lipinski definition) is 4. The van der Waals surface area contributed by atoms with Crippen molar-refractivity contribution in [1.82, 2.24) is 9.62 Å². The third kappa shape index (κ3) is 3.41. The van der Waals surface area contributed by atoms with Crippen LogP contribution in [-0.2, 0) is 10.0 Å². The highest BCUT2D eigenvalue weighted by Crippen LogP contribution is 2.14. The Bertz CT molecular complexity index is 301. The number of sulfonamides is 1. The highest BCUT2D eigenvalue weighted by atomic mass is 32.2. The summed E-state index contributed by atoms with van der Waals surface area (Å²) in [4.78, 5) is 2.20. The van der Waals surface area contributed by atoms with Gasteiger partial charge in [0.15, 0.2) is 0 Å². The molecule has 0 spiro atoms. The molecule has 1 rings (SSSR count). The second-order valence-electron chi connectivity index (χ2n) is 4.44. The van der Waals surface area contributed by atoms with E-state index in [9.17, 15) is 8.42 Å². The van der Waals surface area contributed by atoms with E-state index in [1.807, 2.05) is 14.0 Å². The predicted octanol–water partition coefficient (Wildman–Crippen LogP) is -0.263. The fraction of sp³-hybridized carbons (Fsp3) is 1.00. The molecule has 1 heterocycles. The highest BCUT2D eigenvalue weighted by Gasteiger charge is 2.26. The summed E-state index contributed by atoms with van der Waals surface area (Å²) >= 11 is 0. The van der Waals surface area contributed by atoms with Crippen molar-refractivity contribution in [1.29, 1.82) is 0 Å². The number of nitrogens with zero attached hydrogens (tertiary/aromatic N) is 1. The first-order valence-corrected chi connectivity index (χ1v) is 7.44. The van der Waals surface area contributed by atoms with Crippen LogP contribution in [0, 0.1) is 0 Å². The van der Waals surface area contributed by atoms with Crippen LogP contribution in [0.4, 0.5) is 0 Å². The van der Waals surface area contributed by atoms with E-state index in [0.29, 0.717) is 19.0 Å². The Hall–Kier alpha value is -0.170. The molecule has 3 N–H and O–H groups in total. The Morgan fingerprint density at radius 2 is 2.25 bits per heavy atom. The molecule has 1 saturated heterocycles. The third-order valence-corrected chi connectivity index (χ3v) is 5.32. The summed E-state index contributed by atoms with van der Waals surface area (Å²) in [7, 11) is -1.20. The van der Waals surface area contributed by atoms with Gasteiger partial charge in [0.2, 0.25) is 10.0 Å². The van der Waals surface area contributed by atoms with E-state index in [1.165, 1.54) is 0 Å². The molecule has 16 heavy (non-hydrogen) atoms. The molecule has 0 radical (unpaired) electrons. The van der Waals surface area contributed by atoms with Crippen LogP contribution < -0.4 is 10.5 Å². The Kier molecular flexibility index (Phi) is 5.17. The first-order valence-electron chi connectivity index (χ1n) is 5.90. The quantitative estimate of drug-likeness (QED) is 0.680. The van der Waals surface area contributed by atoms with E-state index in [0.717, 1.165) is 19.4 Å². The van der Waals surface area contributed by atoms with Crippen molar-refractivity contribution in [3.05, 3.63) is 0 Å². The van der Waals surface area contributed by atoms with Gasteiger partial charge >= 0.3 is 0 Å². The molecular weight excluding hydrogens is 226 g/mol. The number of likely N-dealkylation sites (N-methyl/N-ethyl adjacent to an activating group) is 1. The standard InChI is InChI=1S/C10H23N3O2S/c1-3-10(7-11)16(14,15)12-8-9-5-4-6-13(9)2/h9-10,12H,3-8,11H2,1-2H3. The van der Waals surface area contributed by atoms with Crippen molar-refractivity contribution >= 4 is 10.0 Å². The minimum absolute atomic E-state index is 0.187. The molecule has 2 atom stereocenters. The Labute approximate surface area is 98.4 Å². The Morgan fingerprint density at radius 3 is 2.69 bits per heavy atom. The van der Waals surface area contributed by atoms with E-state index in [4.69, 9.17) is 5.73 Å². The van der Waals surface area contributed by atoms with Crippen LogP contribution in [0.2, 0.25) is 0 Å². The van der Waals surface area contributed by atoms with Crippen molar-refractivity contribution in [3.8, 4) is 0 Å². The maximum absolute atomic E-state index is 11.8. The Morgan fingerprint density at radius 1 is 1.56 bits per heavy atom. The van der Waals surface area contributed by atoms with Crippen molar-refractivity contribution in [2.24, 2.45) is 5.73 Å². The zero-order chi connectivity index (χ0) is 12.2. The minimum Gasteiger partial charge on any atom is -0.329 e. The molecular formula is C10H23N3O2S. The number of hydrogen-bond donors (Lipinski definition) is 2. The molecule has 0 aliphatic carbocycles. The van der Waals surface area contributed by atoms with Gasteiger partial charge in [-0.2, -0.15) is 0 Å². The van der Waals surface area contributed by atoms with Crippen molar-refractivity contribution < 1.29 is 8.42 Å². The van der Waals surface area contributed by atoms with Crippen molar-refractivity contribution in [2.75, 3.05) is 26.7 Å². The normalized spacial score (nSPS) is 24.8. The molecule has 1 fully saturated rings. The lowest BCUT2D eigenvalue weighted by Gasteiger charge is -2.21. The summed E-state index contributed by atoms with van der Waals surface area (Å²) in [5.74, 6) is 0. The Balaban J connectivity index is 2.47. The second kappa shape index (κ2) is 5.95. The van der Waals surface area contributed by atoms with Crippen LogP contribution in [0.3, 0.4) is 0 Å². The van der Waals surface area contributed by atoms with Gasteiger partial charge in [-0.3, -0.25) is 0 Å². The van der Waals surface area contributed by atoms with Crippen LogP contribution in [0.15, 0.2) is 0 Å². The summed E-state index contributed by atoms with van der Waals surface area (Å²) in [5, 5.41) is -0.459. The van der Waals surface area contributed by atoms with Gasteiger partial charge < -0.3 is 10.6 Å². The zero-order valence-electron chi connectivity index (χ0n) is 10.1. The molecule has 0 saturated carbocycles. The van der Waals surface area contributed by atoms with Crippen LogP contribution in [-0.4, -0.2) is 51.3 Å². The van der Waals surface area contributed by atoms with E-state index in [1.54, 1.807) is 0 Å². The lowest BCUT2D eigenvalue weighted by atomic mass is 10.2. The van der Waals surface area contributed by atoms with Crippen LogP contribution in [0.1, 0.15) is 26.2 Å². The summed E-state index contributed by atoms with van der Waals surface area (Å²) in [6.45, 7) is 3.60. The van der Waals surface area contributed by atoms with Gasteiger partial charge in [0.25, 0.3) is 0 Å². The van der Waals surface area contributed by atoms with Crippen molar-refractivity contribution in [3.63, 3.8) is 0 Å². The molecule has 0 amide bonds. The predicted molar refractivity (Wildman–Crippen MR) is 65.7 cm³/mol. The molecule has 0 aromatic rings. The maximum Gasteiger partial charge on any atom is 0.215 e. The molecule has 96 valence electrons. The van der Waals surface area contributed by atoms with Gasteiger partial charge in [-0.1, -0.05) is 6.92 Å². The van der Waals surface area contributed by atoms with Gasteiger partial charge in [-0.15, -0.1) is 0 Å². The maximum atomic E-state index is 11.8. The molecule has 0 bridgehead atoms. The van der Waals surface area contributed by atoms with Crippen LogP contribution in [0.5, 0.6) is 0 Å².